The lowest BCUT2D eigenvalue weighted by Gasteiger charge is -2.03. The third-order valence-electron chi connectivity index (χ3n) is 2.09. The minimum absolute atomic E-state index is 0.487. The van der Waals surface area contributed by atoms with E-state index in [1.165, 1.54) is 6.07 Å². The lowest BCUT2D eigenvalue weighted by molar-refractivity contribution is 0.585. The minimum Gasteiger partial charge on any atom is -0.364 e. The Morgan fingerprint density at radius 1 is 1.47 bits per heavy atom. The second-order valence-corrected chi connectivity index (χ2v) is 3.17. The van der Waals surface area contributed by atoms with E-state index in [0.717, 1.165) is 11.4 Å². The highest BCUT2D eigenvalue weighted by atomic mass is 19.1. The first kappa shape index (κ1) is 9.64. The van der Waals surface area contributed by atoms with Gasteiger partial charge < -0.3 is 10.3 Å². The van der Waals surface area contributed by atoms with Crippen molar-refractivity contribution in [1.29, 1.82) is 0 Å². The first-order chi connectivity index (χ1) is 7.25. The topological polar surface area (TPSA) is 53.6 Å². The maximum Gasteiger partial charge on any atom is 0.214 e. The second-order valence-electron chi connectivity index (χ2n) is 3.17. The van der Waals surface area contributed by atoms with Crippen LogP contribution in [0.15, 0.2) is 24.5 Å². The number of nitrogens with one attached hydrogen (secondary N) is 2. The molecule has 2 rings (SSSR count). The summed E-state index contributed by atoms with van der Waals surface area (Å²) in [7, 11) is 0. The van der Waals surface area contributed by atoms with Crippen LogP contribution < -0.4 is 5.32 Å². The molecule has 0 spiro atoms. The lowest BCUT2D eigenvalue weighted by atomic mass is 10.3. The molecule has 4 nitrogen and oxygen atoms in total. The molecule has 0 unspecified atom stereocenters. The van der Waals surface area contributed by atoms with Crippen LogP contribution in [0.5, 0.6) is 0 Å². The van der Waals surface area contributed by atoms with Gasteiger partial charge in [0, 0.05) is 5.69 Å². The summed E-state index contributed by atoms with van der Waals surface area (Å²) in [6.07, 6.45) is 1.63. The van der Waals surface area contributed by atoms with Gasteiger partial charge in [-0.15, -0.1) is 0 Å². The van der Waals surface area contributed by atoms with Gasteiger partial charge in [-0.25, -0.2) is 9.97 Å². The highest BCUT2D eigenvalue weighted by molar-refractivity contribution is 5.34. The van der Waals surface area contributed by atoms with Gasteiger partial charge in [-0.2, -0.15) is 4.39 Å². The lowest BCUT2D eigenvalue weighted by Crippen LogP contribution is -2.03. The maximum atomic E-state index is 12.7. The van der Waals surface area contributed by atoms with E-state index in [0.29, 0.717) is 12.4 Å². The maximum absolute atomic E-state index is 12.7. The number of aromatic nitrogens is 3. The molecular weight excluding hydrogens is 195 g/mol. The van der Waals surface area contributed by atoms with Crippen molar-refractivity contribution in [2.24, 2.45) is 0 Å². The number of pyridine rings is 1. The van der Waals surface area contributed by atoms with Crippen LogP contribution in [0.2, 0.25) is 0 Å². The van der Waals surface area contributed by atoms with Crippen LogP contribution in [0, 0.1) is 12.9 Å². The Morgan fingerprint density at radius 3 is 3.00 bits per heavy atom. The highest BCUT2D eigenvalue weighted by Crippen LogP contribution is 2.07. The van der Waals surface area contributed by atoms with E-state index in [4.69, 9.17) is 0 Å². The first-order valence-corrected chi connectivity index (χ1v) is 4.61. The largest absolute Gasteiger partial charge is 0.364 e. The Labute approximate surface area is 86.6 Å². The fraction of sp³-hybridized carbons (Fsp3) is 0.200. The summed E-state index contributed by atoms with van der Waals surface area (Å²) in [6.45, 7) is 2.47. The zero-order valence-electron chi connectivity index (χ0n) is 8.29. The van der Waals surface area contributed by atoms with Crippen LogP contribution in [0.3, 0.4) is 0 Å². The van der Waals surface area contributed by atoms with Gasteiger partial charge in [-0.3, -0.25) is 0 Å². The predicted octanol–water partition coefficient (Wildman–Crippen LogP) is 1.86. The smallest absolute Gasteiger partial charge is 0.214 e. The molecule has 0 amide bonds. The molecule has 2 N–H and O–H groups in total. The zero-order valence-corrected chi connectivity index (χ0v) is 8.29. The monoisotopic (exact) mass is 206 g/mol. The van der Waals surface area contributed by atoms with Crippen LogP contribution in [-0.4, -0.2) is 15.0 Å². The van der Waals surface area contributed by atoms with Crippen molar-refractivity contribution in [2.45, 2.75) is 13.5 Å². The van der Waals surface area contributed by atoms with E-state index in [2.05, 4.69) is 20.3 Å². The van der Waals surface area contributed by atoms with Gasteiger partial charge in [-0.05, 0) is 19.1 Å². The van der Waals surface area contributed by atoms with Crippen LogP contribution in [-0.2, 0) is 6.54 Å². The standard InChI is InChI=1S/C10H11FN4/c1-7-8(14-6-13-7)5-12-10-4-2-3-9(11)15-10/h2-4,6H,5H2,1H3,(H,12,15)(H,13,14). The summed E-state index contributed by atoms with van der Waals surface area (Å²) < 4.78 is 12.7. The summed E-state index contributed by atoms with van der Waals surface area (Å²) in [6, 6.07) is 4.64. The number of hydrogen-bond donors (Lipinski definition) is 2. The number of H-pyrrole nitrogens is 1. The van der Waals surface area contributed by atoms with Crippen molar-refractivity contribution in [3.8, 4) is 0 Å². The molecule has 78 valence electrons. The third kappa shape index (κ3) is 2.31. The number of nitrogens with zero attached hydrogens (tertiary/aromatic N) is 2. The normalized spacial score (nSPS) is 10.3. The molecule has 0 fully saturated rings. The van der Waals surface area contributed by atoms with Gasteiger partial charge in [0.2, 0.25) is 5.95 Å². The van der Waals surface area contributed by atoms with Crippen molar-refractivity contribution in [3.05, 3.63) is 41.9 Å². The minimum atomic E-state index is -0.487. The average molecular weight is 206 g/mol. The molecule has 0 saturated carbocycles. The number of rotatable bonds is 3. The molecule has 0 aromatic carbocycles. The van der Waals surface area contributed by atoms with Crippen LogP contribution in [0.25, 0.3) is 0 Å². The van der Waals surface area contributed by atoms with Gasteiger partial charge in [0.25, 0.3) is 0 Å². The quantitative estimate of drug-likeness (QED) is 0.754. The summed E-state index contributed by atoms with van der Waals surface area (Å²) in [5, 5.41) is 3.00. The molecule has 0 aliphatic carbocycles. The SMILES string of the molecule is Cc1[nH]cnc1CNc1cccc(F)n1. The van der Waals surface area contributed by atoms with E-state index in [9.17, 15) is 4.39 Å². The van der Waals surface area contributed by atoms with Gasteiger partial charge in [0.1, 0.15) is 5.82 Å². The molecule has 2 heterocycles. The molecule has 0 saturated heterocycles. The predicted molar refractivity (Wildman–Crippen MR) is 54.8 cm³/mol. The zero-order chi connectivity index (χ0) is 10.7. The van der Waals surface area contributed by atoms with Crippen LogP contribution >= 0.6 is 0 Å². The number of aryl methyl sites for hydroxylation is 1. The average Bonchev–Trinajstić information content (AvgIpc) is 2.61. The molecule has 0 aliphatic rings. The van der Waals surface area contributed by atoms with E-state index in [1.54, 1.807) is 18.5 Å². The van der Waals surface area contributed by atoms with E-state index >= 15 is 0 Å². The van der Waals surface area contributed by atoms with Crippen molar-refractivity contribution in [1.82, 2.24) is 15.0 Å². The Kier molecular flexibility index (Phi) is 2.62. The Morgan fingerprint density at radius 2 is 2.33 bits per heavy atom. The van der Waals surface area contributed by atoms with E-state index in [1.807, 2.05) is 6.92 Å². The van der Waals surface area contributed by atoms with Crippen LogP contribution in [0.4, 0.5) is 10.2 Å². The summed E-state index contributed by atoms with van der Waals surface area (Å²) in [5.74, 6) is 0.0242. The molecule has 0 aliphatic heterocycles. The molecule has 2 aromatic rings. The molecule has 0 bridgehead atoms. The first-order valence-electron chi connectivity index (χ1n) is 4.61. The number of aromatic amines is 1. The number of hydrogen-bond acceptors (Lipinski definition) is 3. The Bertz CT molecular complexity index is 452. The fourth-order valence-electron chi connectivity index (χ4n) is 1.25. The number of halogens is 1. The van der Waals surface area contributed by atoms with Crippen molar-refractivity contribution in [2.75, 3.05) is 5.32 Å². The third-order valence-corrected chi connectivity index (χ3v) is 2.09. The second kappa shape index (κ2) is 4.08. The van der Waals surface area contributed by atoms with Gasteiger partial charge in [-0.1, -0.05) is 6.07 Å². The van der Waals surface area contributed by atoms with Crippen LogP contribution in [0.1, 0.15) is 11.4 Å². The van der Waals surface area contributed by atoms with Gasteiger partial charge >= 0.3 is 0 Å². The van der Waals surface area contributed by atoms with E-state index in [-0.39, 0.29) is 0 Å². The molecule has 0 atom stereocenters. The molecule has 2 aromatic heterocycles. The molecule has 5 heteroatoms. The Balaban J connectivity index is 2.02. The van der Waals surface area contributed by atoms with Gasteiger partial charge in [0.05, 0.1) is 18.6 Å². The van der Waals surface area contributed by atoms with Crippen molar-refractivity contribution in [3.63, 3.8) is 0 Å². The highest BCUT2D eigenvalue weighted by Gasteiger charge is 2.01. The van der Waals surface area contributed by atoms with Crippen molar-refractivity contribution >= 4 is 5.82 Å². The number of imidazole rings is 1. The summed E-state index contributed by atoms with van der Waals surface area (Å²) in [4.78, 5) is 10.8. The molecule has 0 radical (unpaired) electrons. The number of anilines is 1. The summed E-state index contributed by atoms with van der Waals surface area (Å²) in [5.41, 5.74) is 1.90. The fourth-order valence-corrected chi connectivity index (χ4v) is 1.25. The van der Waals surface area contributed by atoms with Gasteiger partial charge in [0.15, 0.2) is 0 Å². The van der Waals surface area contributed by atoms with Crippen molar-refractivity contribution < 1.29 is 4.39 Å². The molecular formula is C10H11FN4. The summed E-state index contributed by atoms with van der Waals surface area (Å²) >= 11 is 0. The molecule has 15 heavy (non-hydrogen) atoms. The Hall–Kier alpha value is -1.91. The van der Waals surface area contributed by atoms with E-state index < -0.39 is 5.95 Å².